The number of carbonyl (C=O) groups excluding carboxylic acids is 2. The molecule has 0 saturated carbocycles. The van der Waals surface area contributed by atoms with Gasteiger partial charge in [-0.15, -0.1) is 0 Å². The average molecular weight is 373 g/mol. The summed E-state index contributed by atoms with van der Waals surface area (Å²) in [5.41, 5.74) is 2.73. The number of para-hydroxylation sites is 1. The highest BCUT2D eigenvalue weighted by Gasteiger charge is 2.06. The van der Waals surface area contributed by atoms with Crippen molar-refractivity contribution in [2.24, 2.45) is 0 Å². The largest absolute Gasteiger partial charge is 0.488 e. The first-order valence-electron chi connectivity index (χ1n) is 8.69. The number of benzene rings is 2. The SMILES string of the molecule is COC(=O)c1ccc(COc2ccccc2/C=C/C(=O)c2cccnc2)cc1. The molecule has 0 aliphatic rings. The van der Waals surface area contributed by atoms with E-state index < -0.39 is 0 Å². The molecule has 0 spiro atoms. The van der Waals surface area contributed by atoms with Gasteiger partial charge >= 0.3 is 5.97 Å². The van der Waals surface area contributed by atoms with Crippen molar-refractivity contribution in [2.45, 2.75) is 6.61 Å². The summed E-state index contributed by atoms with van der Waals surface area (Å²) in [4.78, 5) is 27.7. The van der Waals surface area contributed by atoms with Gasteiger partial charge in [-0.25, -0.2) is 4.79 Å². The number of esters is 1. The lowest BCUT2D eigenvalue weighted by atomic mass is 10.1. The van der Waals surface area contributed by atoms with Gasteiger partial charge in [-0.3, -0.25) is 9.78 Å². The standard InChI is InChI=1S/C23H19NO4/c1-27-23(26)19-10-8-17(9-11-19)16-28-22-7-3-2-5-18(22)12-13-21(25)20-6-4-14-24-15-20/h2-15H,16H2,1H3/b13-12+. The number of carbonyl (C=O) groups is 2. The minimum absolute atomic E-state index is 0.124. The number of hydrogen-bond donors (Lipinski definition) is 0. The second-order valence-corrected chi connectivity index (χ2v) is 5.95. The van der Waals surface area contributed by atoms with Crippen LogP contribution >= 0.6 is 0 Å². The van der Waals surface area contributed by atoms with Crippen molar-refractivity contribution in [2.75, 3.05) is 7.11 Å². The minimum Gasteiger partial charge on any atom is -0.488 e. The fraction of sp³-hybridized carbons (Fsp3) is 0.0870. The molecular formula is C23H19NO4. The Kier molecular flexibility index (Phi) is 6.31. The highest BCUT2D eigenvalue weighted by molar-refractivity contribution is 6.06. The Morgan fingerprint density at radius 3 is 2.46 bits per heavy atom. The summed E-state index contributed by atoms with van der Waals surface area (Å²) < 4.78 is 10.6. The molecule has 1 heterocycles. The number of nitrogens with zero attached hydrogens (tertiary/aromatic N) is 1. The molecule has 0 amide bonds. The normalized spacial score (nSPS) is 10.6. The lowest BCUT2D eigenvalue weighted by Gasteiger charge is -2.09. The zero-order valence-corrected chi connectivity index (χ0v) is 15.4. The topological polar surface area (TPSA) is 65.5 Å². The minimum atomic E-state index is -0.374. The summed E-state index contributed by atoms with van der Waals surface area (Å²) in [6.45, 7) is 0.336. The lowest BCUT2D eigenvalue weighted by molar-refractivity contribution is 0.0600. The second kappa shape index (κ2) is 9.28. The molecule has 2 aromatic carbocycles. The van der Waals surface area contributed by atoms with Gasteiger partial charge in [0.1, 0.15) is 12.4 Å². The quantitative estimate of drug-likeness (QED) is 0.350. The van der Waals surface area contributed by atoms with Crippen LogP contribution in [-0.4, -0.2) is 23.8 Å². The summed E-state index contributed by atoms with van der Waals surface area (Å²) in [5.74, 6) is 0.164. The first-order chi connectivity index (χ1) is 13.7. The Balaban J connectivity index is 1.68. The number of ketones is 1. The molecule has 0 aliphatic heterocycles. The molecule has 28 heavy (non-hydrogen) atoms. The number of hydrogen-bond acceptors (Lipinski definition) is 5. The number of aromatic nitrogens is 1. The predicted molar refractivity (Wildman–Crippen MR) is 106 cm³/mol. The molecule has 0 fully saturated rings. The second-order valence-electron chi connectivity index (χ2n) is 5.95. The van der Waals surface area contributed by atoms with Crippen LogP contribution < -0.4 is 4.74 Å². The van der Waals surface area contributed by atoms with E-state index in [2.05, 4.69) is 4.98 Å². The zero-order chi connectivity index (χ0) is 19.8. The van der Waals surface area contributed by atoms with Gasteiger partial charge in [-0.1, -0.05) is 30.3 Å². The highest BCUT2D eigenvalue weighted by Crippen LogP contribution is 2.21. The van der Waals surface area contributed by atoms with Gasteiger partial charge in [0.25, 0.3) is 0 Å². The maximum Gasteiger partial charge on any atom is 0.337 e. The van der Waals surface area contributed by atoms with Crippen LogP contribution in [0.3, 0.4) is 0 Å². The molecular weight excluding hydrogens is 354 g/mol. The molecule has 3 rings (SSSR count). The first kappa shape index (κ1) is 19.0. The average Bonchev–Trinajstić information content (AvgIpc) is 2.77. The Morgan fingerprint density at radius 1 is 0.964 bits per heavy atom. The molecule has 5 nitrogen and oxygen atoms in total. The Hall–Kier alpha value is -3.73. The number of pyridine rings is 1. The van der Waals surface area contributed by atoms with E-state index in [1.54, 1.807) is 36.5 Å². The maximum absolute atomic E-state index is 12.2. The Bertz CT molecular complexity index is 979. The molecule has 0 aliphatic carbocycles. The fourth-order valence-electron chi connectivity index (χ4n) is 2.54. The third-order valence-corrected chi connectivity index (χ3v) is 4.05. The van der Waals surface area contributed by atoms with E-state index in [-0.39, 0.29) is 11.8 Å². The van der Waals surface area contributed by atoms with Crippen LogP contribution in [-0.2, 0) is 11.3 Å². The molecule has 0 radical (unpaired) electrons. The van der Waals surface area contributed by atoms with Crippen molar-refractivity contribution in [3.8, 4) is 5.75 Å². The van der Waals surface area contributed by atoms with E-state index in [1.165, 1.54) is 19.4 Å². The van der Waals surface area contributed by atoms with Crippen molar-refractivity contribution < 1.29 is 19.1 Å². The number of methoxy groups -OCH3 is 1. The van der Waals surface area contributed by atoms with E-state index in [0.717, 1.165) is 11.1 Å². The summed E-state index contributed by atoms with van der Waals surface area (Å²) in [6.07, 6.45) is 6.39. The molecule has 140 valence electrons. The molecule has 5 heteroatoms. The van der Waals surface area contributed by atoms with Crippen LogP contribution in [0.25, 0.3) is 6.08 Å². The van der Waals surface area contributed by atoms with Gasteiger partial charge < -0.3 is 9.47 Å². The van der Waals surface area contributed by atoms with Crippen LogP contribution in [0.5, 0.6) is 5.75 Å². The van der Waals surface area contributed by atoms with E-state index in [1.807, 2.05) is 36.4 Å². The van der Waals surface area contributed by atoms with Crippen molar-refractivity contribution in [3.05, 3.63) is 101 Å². The summed E-state index contributed by atoms with van der Waals surface area (Å²) in [6, 6.07) is 17.9. The van der Waals surface area contributed by atoms with E-state index in [4.69, 9.17) is 9.47 Å². The number of ether oxygens (including phenoxy) is 2. The van der Waals surface area contributed by atoms with Crippen molar-refractivity contribution in [3.63, 3.8) is 0 Å². The monoisotopic (exact) mass is 373 g/mol. The number of rotatable bonds is 7. The van der Waals surface area contributed by atoms with Gasteiger partial charge in [0.2, 0.25) is 0 Å². The van der Waals surface area contributed by atoms with Gasteiger partial charge in [-0.05, 0) is 48.0 Å². The predicted octanol–water partition coefficient (Wildman–Crippen LogP) is 4.34. The summed E-state index contributed by atoms with van der Waals surface area (Å²) in [5, 5.41) is 0. The van der Waals surface area contributed by atoms with Crippen LogP contribution in [0.2, 0.25) is 0 Å². The molecule has 0 saturated heterocycles. The maximum atomic E-state index is 12.2. The highest BCUT2D eigenvalue weighted by atomic mass is 16.5. The van der Waals surface area contributed by atoms with Crippen LogP contribution in [0.15, 0.2) is 79.1 Å². The third kappa shape index (κ3) is 4.92. The van der Waals surface area contributed by atoms with Crippen LogP contribution in [0.4, 0.5) is 0 Å². The molecule has 0 atom stereocenters. The zero-order valence-electron chi connectivity index (χ0n) is 15.4. The molecule has 3 aromatic rings. The van der Waals surface area contributed by atoms with Crippen LogP contribution in [0.1, 0.15) is 31.8 Å². The first-order valence-corrected chi connectivity index (χ1v) is 8.69. The smallest absolute Gasteiger partial charge is 0.337 e. The van der Waals surface area contributed by atoms with Gasteiger partial charge in [0, 0.05) is 23.5 Å². The fourth-order valence-corrected chi connectivity index (χ4v) is 2.54. The van der Waals surface area contributed by atoms with E-state index >= 15 is 0 Å². The van der Waals surface area contributed by atoms with Gasteiger partial charge in [0.05, 0.1) is 12.7 Å². The summed E-state index contributed by atoms with van der Waals surface area (Å²) >= 11 is 0. The third-order valence-electron chi connectivity index (χ3n) is 4.05. The lowest BCUT2D eigenvalue weighted by Crippen LogP contribution is -2.02. The van der Waals surface area contributed by atoms with Crippen molar-refractivity contribution >= 4 is 17.8 Å². The van der Waals surface area contributed by atoms with Crippen LogP contribution in [0, 0.1) is 0 Å². The van der Waals surface area contributed by atoms with Gasteiger partial charge in [-0.2, -0.15) is 0 Å². The van der Waals surface area contributed by atoms with E-state index in [0.29, 0.717) is 23.5 Å². The van der Waals surface area contributed by atoms with Crippen molar-refractivity contribution in [1.29, 1.82) is 0 Å². The van der Waals surface area contributed by atoms with Gasteiger partial charge in [0.15, 0.2) is 5.78 Å². The van der Waals surface area contributed by atoms with Crippen molar-refractivity contribution in [1.82, 2.24) is 4.98 Å². The molecule has 0 unspecified atom stereocenters. The molecule has 1 aromatic heterocycles. The van der Waals surface area contributed by atoms with E-state index in [9.17, 15) is 9.59 Å². The Labute approximate surface area is 163 Å². The Morgan fingerprint density at radius 2 is 1.75 bits per heavy atom. The molecule has 0 N–H and O–H groups in total. The summed E-state index contributed by atoms with van der Waals surface area (Å²) in [7, 11) is 1.35. The number of allylic oxidation sites excluding steroid dienone is 1. The molecule has 0 bridgehead atoms.